The Labute approximate surface area is 227 Å². The van der Waals surface area contributed by atoms with E-state index in [4.69, 9.17) is 37.1 Å². The average molecular weight is 548 g/mol. The molecule has 3 aromatic carbocycles. The minimum absolute atomic E-state index is 0.0271. The fourth-order valence-electron chi connectivity index (χ4n) is 3.59. The third-order valence-corrected chi connectivity index (χ3v) is 6.26. The zero-order valence-electron chi connectivity index (χ0n) is 19.6. The second-order valence-corrected chi connectivity index (χ2v) is 8.78. The summed E-state index contributed by atoms with van der Waals surface area (Å²) in [6.07, 6.45) is 2.84. The predicted octanol–water partition coefficient (Wildman–Crippen LogP) is 5.90. The number of carbonyl (C=O) groups excluding carboxylic acids is 2. The highest BCUT2D eigenvalue weighted by molar-refractivity contribution is 6.43. The summed E-state index contributed by atoms with van der Waals surface area (Å²) in [6.45, 7) is 0.118. The SMILES string of the molecule is O=C(N/N=C/c1ccc(-c2cccc(Cl)c2Cl)o1)/C(=C\c1ccc2c(c1)OCO2)NC(=O)c1ccccc1. The quantitative estimate of drug-likeness (QED) is 0.170. The number of fused-ring (bicyclic) bond motifs is 1. The Morgan fingerprint density at radius 2 is 1.71 bits per heavy atom. The van der Waals surface area contributed by atoms with Crippen LogP contribution >= 0.6 is 23.2 Å². The maximum atomic E-state index is 13.0. The van der Waals surface area contributed by atoms with Gasteiger partial charge in [-0.3, -0.25) is 9.59 Å². The molecule has 190 valence electrons. The largest absolute Gasteiger partial charge is 0.455 e. The molecule has 0 unspecified atom stereocenters. The smallest absolute Gasteiger partial charge is 0.287 e. The number of furan rings is 1. The van der Waals surface area contributed by atoms with Crippen LogP contribution in [0.3, 0.4) is 0 Å². The lowest BCUT2D eigenvalue weighted by Crippen LogP contribution is -2.32. The van der Waals surface area contributed by atoms with Crippen LogP contribution in [0, 0.1) is 0 Å². The summed E-state index contributed by atoms with van der Waals surface area (Å²) in [5.41, 5.74) is 4.02. The third-order valence-electron chi connectivity index (χ3n) is 5.44. The second-order valence-electron chi connectivity index (χ2n) is 7.99. The van der Waals surface area contributed by atoms with Crippen LogP contribution in [0.25, 0.3) is 17.4 Å². The first-order valence-electron chi connectivity index (χ1n) is 11.3. The van der Waals surface area contributed by atoms with Crippen molar-refractivity contribution in [2.45, 2.75) is 0 Å². The van der Waals surface area contributed by atoms with Gasteiger partial charge in [-0.25, -0.2) is 5.43 Å². The number of hydrogen-bond acceptors (Lipinski definition) is 6. The molecule has 1 aliphatic heterocycles. The zero-order chi connectivity index (χ0) is 26.5. The Bertz CT molecular complexity index is 1560. The molecule has 0 saturated carbocycles. The molecule has 0 aliphatic carbocycles. The van der Waals surface area contributed by atoms with Gasteiger partial charge in [0.2, 0.25) is 6.79 Å². The molecule has 0 saturated heterocycles. The normalized spacial score (nSPS) is 12.5. The van der Waals surface area contributed by atoms with Crippen molar-refractivity contribution in [2.24, 2.45) is 5.10 Å². The van der Waals surface area contributed by atoms with Crippen LogP contribution in [0.15, 0.2) is 94.1 Å². The van der Waals surface area contributed by atoms with E-state index >= 15 is 0 Å². The number of ether oxygens (including phenoxy) is 2. The molecule has 0 fully saturated rings. The number of carbonyl (C=O) groups is 2. The lowest BCUT2D eigenvalue weighted by atomic mass is 10.1. The molecule has 4 aromatic rings. The molecule has 0 radical (unpaired) electrons. The van der Waals surface area contributed by atoms with Gasteiger partial charge in [0.25, 0.3) is 11.8 Å². The first kappa shape index (κ1) is 25.1. The number of nitrogens with zero attached hydrogens (tertiary/aromatic N) is 1. The highest BCUT2D eigenvalue weighted by atomic mass is 35.5. The summed E-state index contributed by atoms with van der Waals surface area (Å²) in [6, 6.07) is 22.3. The lowest BCUT2D eigenvalue weighted by molar-refractivity contribution is -0.117. The first-order chi connectivity index (χ1) is 18.5. The van der Waals surface area contributed by atoms with Gasteiger partial charge in [-0.2, -0.15) is 5.10 Å². The summed E-state index contributed by atoms with van der Waals surface area (Å²) in [5.74, 6) is 0.899. The van der Waals surface area contributed by atoms with E-state index in [9.17, 15) is 9.59 Å². The zero-order valence-corrected chi connectivity index (χ0v) is 21.1. The van der Waals surface area contributed by atoms with E-state index in [-0.39, 0.29) is 12.5 Å². The molecule has 8 nitrogen and oxygen atoms in total. The highest BCUT2D eigenvalue weighted by Crippen LogP contribution is 2.34. The van der Waals surface area contributed by atoms with Crippen molar-refractivity contribution in [3.63, 3.8) is 0 Å². The summed E-state index contributed by atoms with van der Waals surface area (Å²) in [4.78, 5) is 25.8. The van der Waals surface area contributed by atoms with Crippen LogP contribution in [-0.2, 0) is 4.79 Å². The fourth-order valence-corrected chi connectivity index (χ4v) is 3.98. The topological polar surface area (TPSA) is 102 Å². The second kappa shape index (κ2) is 11.2. The Balaban J connectivity index is 1.34. The van der Waals surface area contributed by atoms with Crippen LogP contribution in [0.4, 0.5) is 0 Å². The summed E-state index contributed by atoms with van der Waals surface area (Å²) >= 11 is 12.3. The average Bonchev–Trinajstić information content (AvgIpc) is 3.60. The van der Waals surface area contributed by atoms with Crippen molar-refractivity contribution in [1.29, 1.82) is 0 Å². The summed E-state index contributed by atoms with van der Waals surface area (Å²) < 4.78 is 16.5. The molecule has 0 atom stereocenters. The monoisotopic (exact) mass is 547 g/mol. The Morgan fingerprint density at radius 1 is 0.895 bits per heavy atom. The number of rotatable bonds is 7. The van der Waals surface area contributed by atoms with Crippen molar-refractivity contribution in [2.75, 3.05) is 6.79 Å². The van der Waals surface area contributed by atoms with Crippen LogP contribution in [0.5, 0.6) is 11.5 Å². The molecule has 2 heterocycles. The van der Waals surface area contributed by atoms with Crippen molar-refractivity contribution in [3.05, 3.63) is 111 Å². The van der Waals surface area contributed by atoms with E-state index < -0.39 is 11.8 Å². The lowest BCUT2D eigenvalue weighted by Gasteiger charge is -2.09. The summed E-state index contributed by atoms with van der Waals surface area (Å²) in [7, 11) is 0. The summed E-state index contributed by atoms with van der Waals surface area (Å²) in [5, 5.41) is 7.40. The Morgan fingerprint density at radius 3 is 2.55 bits per heavy atom. The predicted molar refractivity (Wildman–Crippen MR) is 144 cm³/mol. The maximum absolute atomic E-state index is 13.0. The van der Waals surface area contributed by atoms with Crippen molar-refractivity contribution >= 4 is 47.3 Å². The molecule has 5 rings (SSSR count). The molecule has 10 heteroatoms. The molecular weight excluding hydrogens is 529 g/mol. The van der Waals surface area contributed by atoms with Gasteiger partial charge in [0.1, 0.15) is 17.2 Å². The van der Waals surface area contributed by atoms with E-state index in [0.29, 0.717) is 49.8 Å². The van der Waals surface area contributed by atoms with Gasteiger partial charge >= 0.3 is 0 Å². The standard InChI is InChI=1S/C28H19Cl2N3O5/c29-21-8-4-7-20(26(21)30)23-12-10-19(38-23)15-31-33-28(35)22(32-27(34)18-5-2-1-3-6-18)13-17-9-11-24-25(14-17)37-16-36-24/h1-15H,16H2,(H,32,34)(H,33,35)/b22-13+,31-15+. The van der Waals surface area contributed by atoms with Gasteiger partial charge in [-0.1, -0.05) is 53.5 Å². The van der Waals surface area contributed by atoms with E-state index in [2.05, 4.69) is 15.8 Å². The van der Waals surface area contributed by atoms with Crippen LogP contribution in [0.2, 0.25) is 10.0 Å². The molecule has 1 aromatic heterocycles. The molecule has 2 N–H and O–H groups in total. The van der Waals surface area contributed by atoms with Crippen LogP contribution in [0.1, 0.15) is 21.7 Å². The molecule has 38 heavy (non-hydrogen) atoms. The minimum atomic E-state index is -0.645. The van der Waals surface area contributed by atoms with Gasteiger partial charge in [0, 0.05) is 11.1 Å². The van der Waals surface area contributed by atoms with Gasteiger partial charge < -0.3 is 19.2 Å². The van der Waals surface area contributed by atoms with E-state index in [1.807, 2.05) is 0 Å². The van der Waals surface area contributed by atoms with Gasteiger partial charge in [0.05, 0.1) is 16.3 Å². The fraction of sp³-hybridized carbons (Fsp3) is 0.0357. The molecule has 1 aliphatic rings. The number of nitrogens with one attached hydrogen (secondary N) is 2. The minimum Gasteiger partial charge on any atom is -0.455 e. The van der Waals surface area contributed by atoms with Crippen LogP contribution < -0.4 is 20.2 Å². The number of hydrazone groups is 1. The molecule has 2 amide bonds. The van der Waals surface area contributed by atoms with Gasteiger partial charge in [0.15, 0.2) is 11.5 Å². The van der Waals surface area contributed by atoms with E-state index in [0.717, 1.165) is 0 Å². The number of benzene rings is 3. The third kappa shape index (κ3) is 5.72. The van der Waals surface area contributed by atoms with Crippen molar-refractivity contribution in [3.8, 4) is 22.8 Å². The van der Waals surface area contributed by atoms with Crippen molar-refractivity contribution < 1.29 is 23.5 Å². The molecule has 0 spiro atoms. The Hall–Kier alpha value is -4.53. The molecule has 0 bridgehead atoms. The Kier molecular flexibility index (Phi) is 7.44. The van der Waals surface area contributed by atoms with E-state index in [1.165, 1.54) is 12.3 Å². The highest BCUT2D eigenvalue weighted by Gasteiger charge is 2.17. The maximum Gasteiger partial charge on any atom is 0.287 e. The molecular formula is C28H19Cl2N3O5. The van der Waals surface area contributed by atoms with E-state index in [1.54, 1.807) is 78.9 Å². The number of amides is 2. The van der Waals surface area contributed by atoms with Gasteiger partial charge in [-0.15, -0.1) is 0 Å². The first-order valence-corrected chi connectivity index (χ1v) is 12.1. The number of hydrogen-bond donors (Lipinski definition) is 2. The van der Waals surface area contributed by atoms with Crippen LogP contribution in [-0.4, -0.2) is 24.8 Å². The number of halogens is 2. The van der Waals surface area contributed by atoms with Crippen molar-refractivity contribution in [1.82, 2.24) is 10.7 Å². The van der Waals surface area contributed by atoms with Gasteiger partial charge in [-0.05, 0) is 60.2 Å².